The molecule has 2 aromatic heterocycles. The number of fused-ring (bicyclic) bond motifs is 2. The Morgan fingerprint density at radius 2 is 1.82 bits per heavy atom. The molecular weight excluding hydrogens is 454 g/mol. The molecule has 5 rings (SSSR count). The fraction of sp³-hybridized carbons (Fsp3) is 0.280. The van der Waals surface area contributed by atoms with Gasteiger partial charge in [-0.2, -0.15) is 0 Å². The largest absolute Gasteiger partial charge is 0.497 e. The molecule has 174 valence electrons. The Labute approximate surface area is 199 Å². The summed E-state index contributed by atoms with van der Waals surface area (Å²) in [6.45, 7) is 4.63. The molecule has 0 fully saturated rings. The average Bonchev–Trinajstić information content (AvgIpc) is 3.45. The SMILES string of the molecule is CCCOc1ccc(C2c3c(oc4cc(OC)ccc4c3=O)C(=O)N2c2nnc(CC)s2)cc1. The first kappa shape index (κ1) is 22.1. The number of hydrogen-bond acceptors (Lipinski definition) is 8. The van der Waals surface area contributed by atoms with Crippen molar-refractivity contribution in [2.45, 2.75) is 32.7 Å². The number of amides is 1. The number of carbonyl (C=O) groups excluding carboxylic acids is 1. The zero-order valence-electron chi connectivity index (χ0n) is 19.0. The predicted molar refractivity (Wildman–Crippen MR) is 129 cm³/mol. The Hall–Kier alpha value is -3.72. The van der Waals surface area contributed by atoms with Crippen LogP contribution in [-0.4, -0.2) is 29.8 Å². The predicted octanol–water partition coefficient (Wildman–Crippen LogP) is 4.75. The van der Waals surface area contributed by atoms with Crippen LogP contribution in [0.1, 0.15) is 53.0 Å². The van der Waals surface area contributed by atoms with E-state index in [1.807, 2.05) is 38.1 Å². The molecule has 0 radical (unpaired) electrons. The molecule has 1 atom stereocenters. The van der Waals surface area contributed by atoms with Gasteiger partial charge >= 0.3 is 0 Å². The van der Waals surface area contributed by atoms with Gasteiger partial charge in [-0.3, -0.25) is 14.5 Å². The molecule has 1 unspecified atom stereocenters. The molecule has 4 aromatic rings. The second kappa shape index (κ2) is 8.90. The van der Waals surface area contributed by atoms with E-state index in [0.717, 1.165) is 22.7 Å². The van der Waals surface area contributed by atoms with Crippen LogP contribution in [0.5, 0.6) is 11.5 Å². The summed E-state index contributed by atoms with van der Waals surface area (Å²) in [5.74, 6) is 0.847. The van der Waals surface area contributed by atoms with E-state index in [4.69, 9.17) is 13.9 Å². The van der Waals surface area contributed by atoms with E-state index >= 15 is 0 Å². The molecule has 0 saturated carbocycles. The van der Waals surface area contributed by atoms with Crippen LogP contribution in [-0.2, 0) is 6.42 Å². The van der Waals surface area contributed by atoms with Crippen LogP contribution >= 0.6 is 11.3 Å². The number of rotatable bonds is 7. The lowest BCUT2D eigenvalue weighted by Gasteiger charge is -2.22. The first-order valence-electron chi connectivity index (χ1n) is 11.1. The van der Waals surface area contributed by atoms with Crippen molar-refractivity contribution in [2.24, 2.45) is 0 Å². The van der Waals surface area contributed by atoms with Gasteiger partial charge in [0, 0.05) is 6.07 Å². The summed E-state index contributed by atoms with van der Waals surface area (Å²) >= 11 is 1.33. The highest BCUT2D eigenvalue weighted by Gasteiger charge is 2.45. The maximum Gasteiger partial charge on any atom is 0.297 e. The molecule has 0 N–H and O–H groups in total. The van der Waals surface area contributed by atoms with E-state index in [1.54, 1.807) is 18.2 Å². The number of methoxy groups -OCH3 is 1. The highest BCUT2D eigenvalue weighted by Crippen LogP contribution is 2.42. The molecule has 8 nitrogen and oxygen atoms in total. The van der Waals surface area contributed by atoms with Gasteiger partial charge in [0.05, 0.1) is 30.7 Å². The summed E-state index contributed by atoms with van der Waals surface area (Å²) in [6.07, 6.45) is 1.59. The maximum absolute atomic E-state index is 13.7. The molecule has 1 aliphatic rings. The minimum atomic E-state index is -0.692. The minimum absolute atomic E-state index is 0.00955. The molecule has 0 aliphatic carbocycles. The standard InChI is InChI=1S/C25H23N3O5S/c1-4-12-32-15-8-6-14(7-9-15)21-20-22(29)17-11-10-16(31-3)13-18(17)33-23(20)24(30)28(21)25-27-26-19(5-2)34-25/h6-11,13,21H,4-5,12H2,1-3H3. The number of carbonyl (C=O) groups is 1. The van der Waals surface area contributed by atoms with Crippen molar-refractivity contribution in [1.82, 2.24) is 10.2 Å². The third-order valence-corrected chi connectivity index (χ3v) is 6.78. The van der Waals surface area contributed by atoms with E-state index in [2.05, 4.69) is 10.2 Å². The van der Waals surface area contributed by atoms with Crippen LogP contribution in [0, 0.1) is 0 Å². The third kappa shape index (κ3) is 3.62. The van der Waals surface area contributed by atoms with Gasteiger partial charge in [0.15, 0.2) is 5.43 Å². The highest BCUT2D eigenvalue weighted by molar-refractivity contribution is 7.15. The quantitative estimate of drug-likeness (QED) is 0.379. The van der Waals surface area contributed by atoms with Gasteiger partial charge in [-0.05, 0) is 42.7 Å². The zero-order valence-corrected chi connectivity index (χ0v) is 19.8. The molecule has 0 saturated heterocycles. The first-order valence-corrected chi connectivity index (χ1v) is 11.9. The van der Waals surface area contributed by atoms with E-state index in [1.165, 1.54) is 23.3 Å². The van der Waals surface area contributed by atoms with Crippen molar-refractivity contribution in [3.63, 3.8) is 0 Å². The first-order chi connectivity index (χ1) is 16.5. The Balaban J connectivity index is 1.70. The van der Waals surface area contributed by atoms with E-state index in [9.17, 15) is 9.59 Å². The molecule has 2 aromatic carbocycles. The van der Waals surface area contributed by atoms with Crippen LogP contribution in [0.25, 0.3) is 11.0 Å². The highest BCUT2D eigenvalue weighted by atomic mass is 32.1. The summed E-state index contributed by atoms with van der Waals surface area (Å²) in [4.78, 5) is 28.8. The fourth-order valence-corrected chi connectivity index (χ4v) is 4.85. The summed E-state index contributed by atoms with van der Waals surface area (Å²) < 4.78 is 17.0. The Bertz CT molecular complexity index is 1430. The second-order valence-electron chi connectivity index (χ2n) is 7.86. The average molecular weight is 478 g/mol. The van der Waals surface area contributed by atoms with E-state index in [0.29, 0.717) is 34.9 Å². The van der Waals surface area contributed by atoms with Crippen LogP contribution in [0.3, 0.4) is 0 Å². The number of aromatic nitrogens is 2. The Morgan fingerprint density at radius 1 is 1.06 bits per heavy atom. The second-order valence-corrected chi connectivity index (χ2v) is 8.90. The smallest absolute Gasteiger partial charge is 0.297 e. The molecule has 3 heterocycles. The lowest BCUT2D eigenvalue weighted by molar-refractivity contribution is 0.0970. The van der Waals surface area contributed by atoms with Crippen LogP contribution in [0.4, 0.5) is 5.13 Å². The van der Waals surface area contributed by atoms with Gasteiger partial charge in [-0.1, -0.05) is 37.3 Å². The van der Waals surface area contributed by atoms with E-state index in [-0.39, 0.29) is 16.8 Å². The van der Waals surface area contributed by atoms with Crippen molar-refractivity contribution in [1.29, 1.82) is 0 Å². The number of aryl methyl sites for hydroxylation is 1. The third-order valence-electron chi connectivity index (χ3n) is 5.71. The van der Waals surface area contributed by atoms with Gasteiger partial charge in [0.1, 0.15) is 22.1 Å². The van der Waals surface area contributed by atoms with Crippen molar-refractivity contribution >= 4 is 33.3 Å². The van der Waals surface area contributed by atoms with Gasteiger partial charge in [-0.15, -0.1) is 10.2 Å². The molecular formula is C25H23N3O5S. The van der Waals surface area contributed by atoms with Gasteiger partial charge in [-0.25, -0.2) is 0 Å². The summed E-state index contributed by atoms with van der Waals surface area (Å²) in [5, 5.41) is 10.0. The monoisotopic (exact) mass is 477 g/mol. The fourth-order valence-electron chi connectivity index (χ4n) is 4.04. The summed E-state index contributed by atoms with van der Waals surface area (Å²) in [5.41, 5.74) is 1.08. The summed E-state index contributed by atoms with van der Waals surface area (Å²) in [7, 11) is 1.53. The number of benzene rings is 2. The van der Waals surface area contributed by atoms with Crippen molar-refractivity contribution < 1.29 is 18.7 Å². The van der Waals surface area contributed by atoms with Gasteiger partial charge in [0.25, 0.3) is 5.91 Å². The summed E-state index contributed by atoms with van der Waals surface area (Å²) in [6, 6.07) is 11.7. The molecule has 1 aliphatic heterocycles. The lowest BCUT2D eigenvalue weighted by atomic mass is 9.98. The Kier molecular flexibility index (Phi) is 5.79. The number of nitrogens with zero attached hydrogens (tertiary/aromatic N) is 3. The molecule has 34 heavy (non-hydrogen) atoms. The van der Waals surface area contributed by atoms with Crippen LogP contribution in [0.15, 0.2) is 51.7 Å². The van der Waals surface area contributed by atoms with Crippen molar-refractivity contribution in [3.8, 4) is 11.5 Å². The molecule has 1 amide bonds. The van der Waals surface area contributed by atoms with Crippen LogP contribution < -0.4 is 19.8 Å². The van der Waals surface area contributed by atoms with E-state index < -0.39 is 11.9 Å². The van der Waals surface area contributed by atoms with Gasteiger partial charge in [0.2, 0.25) is 10.9 Å². The molecule has 9 heteroatoms. The van der Waals surface area contributed by atoms with Crippen LogP contribution in [0.2, 0.25) is 0 Å². The lowest BCUT2D eigenvalue weighted by Crippen LogP contribution is -2.29. The Morgan fingerprint density at radius 3 is 2.50 bits per heavy atom. The molecule has 0 spiro atoms. The number of hydrogen-bond donors (Lipinski definition) is 0. The van der Waals surface area contributed by atoms with Crippen molar-refractivity contribution in [3.05, 3.63) is 74.6 Å². The van der Waals surface area contributed by atoms with Crippen molar-refractivity contribution in [2.75, 3.05) is 18.6 Å². The normalized spacial score (nSPS) is 15.1. The maximum atomic E-state index is 13.7. The number of anilines is 1. The minimum Gasteiger partial charge on any atom is -0.497 e. The zero-order chi connectivity index (χ0) is 23.8. The number of ether oxygens (including phenoxy) is 2. The topological polar surface area (TPSA) is 94.8 Å². The van der Waals surface area contributed by atoms with Gasteiger partial charge < -0.3 is 13.9 Å². The molecule has 0 bridgehead atoms.